The van der Waals surface area contributed by atoms with Crippen LogP contribution >= 0.6 is 0 Å². The van der Waals surface area contributed by atoms with Crippen LogP contribution in [0.15, 0.2) is 24.3 Å². The highest BCUT2D eigenvalue weighted by molar-refractivity contribution is 5.22. The van der Waals surface area contributed by atoms with Crippen LogP contribution in [0.2, 0.25) is 0 Å². The molecule has 1 aromatic carbocycles. The fourth-order valence-corrected chi connectivity index (χ4v) is 0.740. The van der Waals surface area contributed by atoms with Gasteiger partial charge in [0.1, 0.15) is 11.6 Å². The van der Waals surface area contributed by atoms with E-state index < -0.39 is 23.6 Å². The number of ether oxygens (including phenoxy) is 1. The van der Waals surface area contributed by atoms with Crippen molar-refractivity contribution in [2.24, 2.45) is 0 Å². The molecule has 0 bridgehead atoms. The van der Waals surface area contributed by atoms with Gasteiger partial charge in [-0.1, -0.05) is 0 Å². The second-order valence-electron chi connectivity index (χ2n) is 2.96. The van der Waals surface area contributed by atoms with Crippen molar-refractivity contribution in [1.29, 1.82) is 0 Å². The molecule has 15 heavy (non-hydrogen) atoms. The maximum Gasteiger partial charge on any atom is 0.463 e. The predicted molar refractivity (Wildman–Crippen MR) is 42.6 cm³/mol. The lowest BCUT2D eigenvalue weighted by atomic mass is 10.3. The van der Waals surface area contributed by atoms with Gasteiger partial charge in [-0.15, -0.1) is 0 Å². The van der Waals surface area contributed by atoms with E-state index in [1.807, 2.05) is 0 Å². The van der Waals surface area contributed by atoms with E-state index in [9.17, 15) is 22.0 Å². The molecule has 0 fully saturated rings. The van der Waals surface area contributed by atoms with E-state index in [1.165, 1.54) is 0 Å². The van der Waals surface area contributed by atoms with Crippen molar-refractivity contribution in [3.8, 4) is 5.75 Å². The minimum absolute atomic E-state index is 0.0382. The fraction of sp³-hybridized carbons (Fsp3) is 0.333. The van der Waals surface area contributed by atoms with Gasteiger partial charge in [0.25, 0.3) is 0 Å². The third-order valence-corrected chi connectivity index (χ3v) is 1.57. The number of halogens is 5. The van der Waals surface area contributed by atoms with Gasteiger partial charge in [0.05, 0.1) is 0 Å². The summed E-state index contributed by atoms with van der Waals surface area (Å²) in [4.78, 5) is 0. The Bertz CT molecular complexity index is 327. The molecule has 0 heterocycles. The smallest absolute Gasteiger partial charge is 0.428 e. The number of hydrogen-bond donors (Lipinski definition) is 0. The van der Waals surface area contributed by atoms with Crippen LogP contribution in [-0.4, -0.2) is 12.0 Å². The summed E-state index contributed by atoms with van der Waals surface area (Å²) >= 11 is 0. The number of alkyl halides is 4. The van der Waals surface area contributed by atoms with Crippen LogP contribution < -0.4 is 4.74 Å². The molecular weight excluding hydrogens is 219 g/mol. The van der Waals surface area contributed by atoms with E-state index in [4.69, 9.17) is 0 Å². The van der Waals surface area contributed by atoms with E-state index in [-0.39, 0.29) is 6.92 Å². The molecule has 0 N–H and O–H groups in total. The summed E-state index contributed by atoms with van der Waals surface area (Å²) in [7, 11) is 0. The summed E-state index contributed by atoms with van der Waals surface area (Å²) in [6.07, 6.45) is -4.62. The molecule has 1 nitrogen and oxygen atoms in total. The second kappa shape index (κ2) is 3.67. The molecule has 0 spiro atoms. The molecule has 0 radical (unpaired) electrons. The summed E-state index contributed by atoms with van der Waals surface area (Å²) in [6.45, 7) is 0.0382. The maximum absolute atomic E-state index is 12.7. The Morgan fingerprint density at radius 3 is 1.87 bits per heavy atom. The lowest BCUT2D eigenvalue weighted by Gasteiger charge is -2.23. The molecule has 0 aliphatic rings. The topological polar surface area (TPSA) is 9.23 Å². The van der Waals surface area contributed by atoms with Crippen molar-refractivity contribution < 1.29 is 26.7 Å². The molecule has 0 unspecified atom stereocenters. The summed E-state index contributed by atoms with van der Waals surface area (Å²) < 4.78 is 66.1. The Hall–Kier alpha value is -1.33. The highest BCUT2D eigenvalue weighted by Crippen LogP contribution is 2.35. The Morgan fingerprint density at radius 2 is 1.47 bits per heavy atom. The quantitative estimate of drug-likeness (QED) is 0.717. The molecule has 1 rings (SSSR count). The first-order valence-electron chi connectivity index (χ1n) is 3.92. The zero-order valence-corrected chi connectivity index (χ0v) is 7.61. The van der Waals surface area contributed by atoms with Gasteiger partial charge in [-0.3, -0.25) is 0 Å². The highest BCUT2D eigenvalue weighted by atomic mass is 19.3. The first-order chi connectivity index (χ1) is 6.72. The first-order valence-corrected chi connectivity index (χ1v) is 3.92. The number of hydrogen-bond acceptors (Lipinski definition) is 1. The van der Waals surface area contributed by atoms with Gasteiger partial charge < -0.3 is 4.74 Å². The standard InChI is InChI=1S/C9H7F5O/c1-8(11,12)9(13,14)15-7-4-2-6(10)3-5-7/h2-5H,1H3. The van der Waals surface area contributed by atoms with Gasteiger partial charge in [-0.25, -0.2) is 4.39 Å². The van der Waals surface area contributed by atoms with Gasteiger partial charge in [0, 0.05) is 6.92 Å². The largest absolute Gasteiger partial charge is 0.463 e. The molecule has 84 valence electrons. The molecule has 0 amide bonds. The molecule has 0 aromatic heterocycles. The minimum Gasteiger partial charge on any atom is -0.428 e. The van der Waals surface area contributed by atoms with Crippen LogP contribution in [0.3, 0.4) is 0 Å². The SMILES string of the molecule is CC(F)(F)C(F)(F)Oc1ccc(F)cc1. The molecule has 6 heteroatoms. The highest BCUT2D eigenvalue weighted by Gasteiger charge is 2.55. The van der Waals surface area contributed by atoms with Crippen LogP contribution in [0.4, 0.5) is 22.0 Å². The van der Waals surface area contributed by atoms with Gasteiger partial charge in [0.15, 0.2) is 0 Å². The van der Waals surface area contributed by atoms with E-state index in [2.05, 4.69) is 4.74 Å². The summed E-state index contributed by atoms with van der Waals surface area (Å²) in [5.41, 5.74) is 0. The molecular formula is C9H7F5O. The Kier molecular flexibility index (Phi) is 2.88. The van der Waals surface area contributed by atoms with Crippen LogP contribution in [0.5, 0.6) is 5.75 Å². The van der Waals surface area contributed by atoms with Crippen LogP contribution in [0.25, 0.3) is 0 Å². The third-order valence-electron chi connectivity index (χ3n) is 1.57. The van der Waals surface area contributed by atoms with Gasteiger partial charge >= 0.3 is 12.0 Å². The van der Waals surface area contributed by atoms with E-state index in [0.717, 1.165) is 24.3 Å². The zero-order valence-electron chi connectivity index (χ0n) is 7.61. The lowest BCUT2D eigenvalue weighted by molar-refractivity contribution is -0.301. The molecule has 0 saturated carbocycles. The van der Waals surface area contributed by atoms with Crippen LogP contribution in [0.1, 0.15) is 6.92 Å². The Morgan fingerprint density at radius 1 is 1.00 bits per heavy atom. The van der Waals surface area contributed by atoms with Crippen molar-refractivity contribution in [1.82, 2.24) is 0 Å². The number of rotatable bonds is 3. The zero-order chi connectivity index (χ0) is 11.7. The van der Waals surface area contributed by atoms with Crippen molar-refractivity contribution >= 4 is 0 Å². The molecule has 0 saturated heterocycles. The summed E-state index contributed by atoms with van der Waals surface area (Å²) in [5.74, 6) is -5.50. The van der Waals surface area contributed by atoms with Crippen LogP contribution in [-0.2, 0) is 0 Å². The molecule has 0 atom stereocenters. The Balaban J connectivity index is 2.82. The van der Waals surface area contributed by atoms with Gasteiger partial charge in [-0.2, -0.15) is 17.6 Å². The third kappa shape index (κ3) is 2.81. The van der Waals surface area contributed by atoms with Crippen molar-refractivity contribution in [2.75, 3.05) is 0 Å². The van der Waals surface area contributed by atoms with Crippen LogP contribution in [0, 0.1) is 5.82 Å². The predicted octanol–water partition coefficient (Wildman–Crippen LogP) is 3.45. The summed E-state index contributed by atoms with van der Waals surface area (Å²) in [6, 6.07) is 3.35. The summed E-state index contributed by atoms with van der Waals surface area (Å²) in [5, 5.41) is 0. The van der Waals surface area contributed by atoms with E-state index >= 15 is 0 Å². The first kappa shape index (κ1) is 11.7. The molecule has 0 aliphatic heterocycles. The van der Waals surface area contributed by atoms with E-state index in [0.29, 0.717) is 0 Å². The average molecular weight is 226 g/mol. The normalized spacial score (nSPS) is 12.7. The van der Waals surface area contributed by atoms with Gasteiger partial charge in [0.2, 0.25) is 0 Å². The van der Waals surface area contributed by atoms with Crippen molar-refractivity contribution in [2.45, 2.75) is 19.0 Å². The average Bonchev–Trinajstić information content (AvgIpc) is 2.06. The molecule has 1 aromatic rings. The monoisotopic (exact) mass is 226 g/mol. The number of benzene rings is 1. The maximum atomic E-state index is 12.7. The van der Waals surface area contributed by atoms with Crippen molar-refractivity contribution in [3.63, 3.8) is 0 Å². The van der Waals surface area contributed by atoms with Crippen molar-refractivity contribution in [3.05, 3.63) is 30.1 Å². The van der Waals surface area contributed by atoms with Gasteiger partial charge in [-0.05, 0) is 24.3 Å². The minimum atomic E-state index is -4.62. The van der Waals surface area contributed by atoms with E-state index in [1.54, 1.807) is 0 Å². The second-order valence-corrected chi connectivity index (χ2v) is 2.96. The molecule has 0 aliphatic carbocycles. The Labute approximate surface area is 82.5 Å². The fourth-order valence-electron chi connectivity index (χ4n) is 0.740. The lowest BCUT2D eigenvalue weighted by Crippen LogP contribution is -2.42.